The van der Waals surface area contributed by atoms with E-state index in [0.29, 0.717) is 39.4 Å². The van der Waals surface area contributed by atoms with Crippen molar-refractivity contribution in [2.75, 3.05) is 33.0 Å². The molecule has 98 valence electrons. The highest BCUT2D eigenvalue weighted by Gasteiger charge is 2.48. The molecule has 2 aliphatic heterocycles. The normalized spacial score (nSPS) is 33.9. The Kier molecular flexibility index (Phi) is 4.91. The van der Waals surface area contributed by atoms with Crippen molar-refractivity contribution in [3.8, 4) is 6.07 Å². The summed E-state index contributed by atoms with van der Waals surface area (Å²) >= 11 is 0. The van der Waals surface area contributed by atoms with E-state index in [1.54, 1.807) is 0 Å². The lowest BCUT2D eigenvalue weighted by Crippen LogP contribution is -2.34. The monoisotopic (exact) mass is 252 g/mol. The van der Waals surface area contributed by atoms with Crippen molar-refractivity contribution in [3.05, 3.63) is 11.4 Å². The van der Waals surface area contributed by atoms with Crippen LogP contribution in [0.3, 0.4) is 0 Å². The molecule has 4 atom stereocenters. The Morgan fingerprint density at radius 1 is 1.17 bits per heavy atom. The molecule has 6 nitrogen and oxygen atoms in total. The predicted molar refractivity (Wildman–Crippen MR) is 60.7 cm³/mol. The fraction of sp³-hybridized carbons (Fsp3) is 0.833. The van der Waals surface area contributed by atoms with Crippen LogP contribution in [0.5, 0.6) is 0 Å². The van der Waals surface area contributed by atoms with Gasteiger partial charge in [0.1, 0.15) is 31.0 Å². The van der Waals surface area contributed by atoms with Crippen LogP contribution in [0.4, 0.5) is 0 Å². The highest BCUT2D eigenvalue weighted by molar-refractivity contribution is 4.96. The van der Waals surface area contributed by atoms with Gasteiger partial charge in [-0.2, -0.15) is 5.26 Å². The largest absolute Gasteiger partial charge is 0.372 e. The first kappa shape index (κ1) is 13.3. The van der Waals surface area contributed by atoms with Crippen molar-refractivity contribution in [2.45, 2.75) is 30.8 Å². The maximum atomic E-state index is 8.45. The van der Waals surface area contributed by atoms with E-state index >= 15 is 0 Å². The van der Waals surface area contributed by atoms with Gasteiger partial charge in [-0.1, -0.05) is 0 Å². The van der Waals surface area contributed by atoms with E-state index in [1.807, 2.05) is 6.07 Å². The zero-order chi connectivity index (χ0) is 12.8. The van der Waals surface area contributed by atoms with Gasteiger partial charge in [-0.25, -0.2) is 6.57 Å². The van der Waals surface area contributed by atoms with Crippen LogP contribution in [0.25, 0.3) is 4.85 Å². The van der Waals surface area contributed by atoms with Gasteiger partial charge in [-0.3, -0.25) is 0 Å². The van der Waals surface area contributed by atoms with Gasteiger partial charge in [0.2, 0.25) is 6.54 Å². The smallest absolute Gasteiger partial charge is 0.237 e. The number of nitrogens with zero attached hydrogens (tertiary/aromatic N) is 2. The Labute approximate surface area is 106 Å². The van der Waals surface area contributed by atoms with E-state index in [4.69, 9.17) is 30.8 Å². The number of ether oxygens (including phenoxy) is 4. The average Bonchev–Trinajstić information content (AvgIpc) is 2.94. The lowest BCUT2D eigenvalue weighted by atomic mass is 10.1. The van der Waals surface area contributed by atoms with Crippen molar-refractivity contribution in [1.82, 2.24) is 0 Å². The van der Waals surface area contributed by atoms with Gasteiger partial charge in [-0.15, -0.1) is 0 Å². The molecule has 2 aliphatic rings. The average molecular weight is 252 g/mol. The molecule has 2 saturated heterocycles. The Bertz CT molecular complexity index is 315. The minimum absolute atomic E-state index is 0.109. The molecule has 0 amide bonds. The summed E-state index contributed by atoms with van der Waals surface area (Å²) in [5.41, 5.74) is 0. The zero-order valence-electron chi connectivity index (χ0n) is 10.1. The van der Waals surface area contributed by atoms with Crippen LogP contribution in [0.15, 0.2) is 0 Å². The number of nitriles is 1. The second-order valence-corrected chi connectivity index (χ2v) is 4.20. The second-order valence-electron chi connectivity index (χ2n) is 4.20. The molecule has 0 aromatic heterocycles. The van der Waals surface area contributed by atoms with Gasteiger partial charge in [0.15, 0.2) is 0 Å². The lowest BCUT2D eigenvalue weighted by molar-refractivity contribution is -0.0473. The molecular weight excluding hydrogens is 236 g/mol. The number of hydrogen-bond donors (Lipinski definition) is 0. The minimum Gasteiger partial charge on any atom is -0.372 e. The van der Waals surface area contributed by atoms with Crippen molar-refractivity contribution >= 4 is 0 Å². The van der Waals surface area contributed by atoms with E-state index in [9.17, 15) is 0 Å². The third-order valence-electron chi connectivity index (χ3n) is 3.04. The molecule has 0 N–H and O–H groups in total. The Morgan fingerprint density at radius 3 is 2.33 bits per heavy atom. The molecule has 0 bridgehead atoms. The van der Waals surface area contributed by atoms with E-state index in [2.05, 4.69) is 4.85 Å². The Balaban J connectivity index is 1.76. The summed E-state index contributed by atoms with van der Waals surface area (Å²) in [5, 5.41) is 8.45. The summed E-state index contributed by atoms with van der Waals surface area (Å²) in [6, 6.07) is 2.03. The molecule has 6 heteroatoms. The molecule has 0 aromatic carbocycles. The minimum atomic E-state index is -0.113. The molecule has 2 rings (SSSR count). The molecule has 2 fully saturated rings. The van der Waals surface area contributed by atoms with E-state index < -0.39 is 0 Å². The van der Waals surface area contributed by atoms with Crippen LogP contribution in [0.1, 0.15) is 6.42 Å². The van der Waals surface area contributed by atoms with Gasteiger partial charge in [0.25, 0.3) is 0 Å². The number of hydrogen-bond acceptors (Lipinski definition) is 5. The summed E-state index contributed by atoms with van der Waals surface area (Å²) in [6.07, 6.45) is -0.0673. The second kappa shape index (κ2) is 6.67. The molecule has 0 aliphatic carbocycles. The molecule has 0 radical (unpaired) electrons. The van der Waals surface area contributed by atoms with Crippen molar-refractivity contribution in [3.63, 3.8) is 0 Å². The topological polar surface area (TPSA) is 65.1 Å². The van der Waals surface area contributed by atoms with E-state index in [1.165, 1.54) is 0 Å². The highest BCUT2D eigenvalue weighted by atomic mass is 16.6. The highest BCUT2D eigenvalue weighted by Crippen LogP contribution is 2.30. The first-order valence-electron chi connectivity index (χ1n) is 6.03. The van der Waals surface area contributed by atoms with Gasteiger partial charge in [-0.05, 0) is 0 Å². The zero-order valence-corrected chi connectivity index (χ0v) is 10.1. The van der Waals surface area contributed by atoms with Crippen LogP contribution in [-0.4, -0.2) is 57.4 Å². The summed E-state index contributed by atoms with van der Waals surface area (Å²) < 4.78 is 22.4. The predicted octanol–water partition coefficient (Wildman–Crippen LogP) is 0.387. The standard InChI is InChI=1S/C12H16N2O4/c1-14-4-6-16-10-8-18-11-9(7-17-12(10)11)15-5-2-3-13/h9-12H,2,4-8H2/t9-,10-,11?,12?/m0/s1. The summed E-state index contributed by atoms with van der Waals surface area (Å²) in [4.78, 5) is 3.24. The summed E-state index contributed by atoms with van der Waals surface area (Å²) in [5.74, 6) is 0. The first-order valence-corrected chi connectivity index (χ1v) is 6.03. The quantitative estimate of drug-likeness (QED) is 0.505. The van der Waals surface area contributed by atoms with Gasteiger partial charge >= 0.3 is 0 Å². The van der Waals surface area contributed by atoms with Gasteiger partial charge in [0, 0.05) is 0 Å². The summed E-state index contributed by atoms with van der Waals surface area (Å²) in [7, 11) is 0. The van der Waals surface area contributed by atoms with Crippen molar-refractivity contribution in [2.24, 2.45) is 0 Å². The van der Waals surface area contributed by atoms with E-state index in [-0.39, 0.29) is 24.4 Å². The van der Waals surface area contributed by atoms with Crippen LogP contribution >= 0.6 is 0 Å². The molecule has 0 saturated carbocycles. The maximum absolute atomic E-state index is 8.45. The van der Waals surface area contributed by atoms with Gasteiger partial charge in [0.05, 0.1) is 32.3 Å². The van der Waals surface area contributed by atoms with Crippen LogP contribution in [-0.2, 0) is 18.9 Å². The molecular formula is C12H16N2O4. The third kappa shape index (κ3) is 2.98. The van der Waals surface area contributed by atoms with Crippen molar-refractivity contribution < 1.29 is 18.9 Å². The Hall–Kier alpha value is -1.18. The van der Waals surface area contributed by atoms with Crippen molar-refractivity contribution in [1.29, 1.82) is 5.26 Å². The summed E-state index contributed by atoms with van der Waals surface area (Å²) in [6.45, 7) is 8.81. The molecule has 0 aromatic rings. The molecule has 2 unspecified atom stereocenters. The van der Waals surface area contributed by atoms with Crippen LogP contribution in [0.2, 0.25) is 0 Å². The number of fused-ring (bicyclic) bond motifs is 1. The third-order valence-corrected chi connectivity index (χ3v) is 3.04. The van der Waals surface area contributed by atoms with Crippen LogP contribution in [0, 0.1) is 17.9 Å². The molecule has 2 heterocycles. The molecule has 18 heavy (non-hydrogen) atoms. The van der Waals surface area contributed by atoms with E-state index in [0.717, 1.165) is 0 Å². The fourth-order valence-corrected chi connectivity index (χ4v) is 2.22. The fourth-order valence-electron chi connectivity index (χ4n) is 2.22. The number of rotatable bonds is 6. The SMILES string of the molecule is [C-]#[N+]CCO[C@H]1COC2C1OC[C@@H]2OCCC#N. The lowest BCUT2D eigenvalue weighted by Gasteiger charge is -2.16. The first-order chi connectivity index (χ1) is 8.86. The van der Waals surface area contributed by atoms with Crippen LogP contribution < -0.4 is 0 Å². The maximum Gasteiger partial charge on any atom is 0.237 e. The van der Waals surface area contributed by atoms with Gasteiger partial charge < -0.3 is 23.8 Å². The molecule has 0 spiro atoms. The Morgan fingerprint density at radius 2 is 1.78 bits per heavy atom.